The maximum absolute atomic E-state index is 13.6. The number of hydrogen-bond donors (Lipinski definition) is 1. The lowest BCUT2D eigenvalue weighted by Gasteiger charge is -2.12. The molecule has 1 heterocycles. The van der Waals surface area contributed by atoms with Gasteiger partial charge < -0.3 is 5.11 Å². The number of aliphatic hydroxyl groups excluding tert-OH is 1. The Morgan fingerprint density at radius 3 is 2.65 bits per heavy atom. The summed E-state index contributed by atoms with van der Waals surface area (Å²) in [5.74, 6) is -0.340. The molecular formula is C15H18ClFN2O. The van der Waals surface area contributed by atoms with E-state index in [0.29, 0.717) is 17.0 Å². The zero-order valence-electron chi connectivity index (χ0n) is 11.8. The van der Waals surface area contributed by atoms with Crippen molar-refractivity contribution in [3.05, 3.63) is 51.6 Å². The van der Waals surface area contributed by atoms with Crippen LogP contribution in [0.25, 0.3) is 0 Å². The maximum Gasteiger partial charge on any atom is 0.126 e. The molecule has 2 rings (SSSR count). The third kappa shape index (κ3) is 3.19. The predicted octanol–water partition coefficient (Wildman–Crippen LogP) is 2.98. The van der Waals surface area contributed by atoms with E-state index in [2.05, 4.69) is 5.10 Å². The molecular weight excluding hydrogens is 279 g/mol. The van der Waals surface area contributed by atoms with Crippen molar-refractivity contribution < 1.29 is 9.50 Å². The number of rotatable bonds is 4. The number of aromatic nitrogens is 2. The largest absolute Gasteiger partial charge is 0.392 e. The van der Waals surface area contributed by atoms with E-state index in [9.17, 15) is 9.50 Å². The van der Waals surface area contributed by atoms with Crippen molar-refractivity contribution in [1.82, 2.24) is 9.78 Å². The Bertz CT molecular complexity index is 625. The second-order valence-electron chi connectivity index (χ2n) is 5.07. The molecule has 1 atom stereocenters. The van der Waals surface area contributed by atoms with E-state index in [0.717, 1.165) is 17.0 Å². The quantitative estimate of drug-likeness (QED) is 0.942. The second kappa shape index (κ2) is 5.94. The van der Waals surface area contributed by atoms with Gasteiger partial charge in [0.1, 0.15) is 5.82 Å². The van der Waals surface area contributed by atoms with E-state index >= 15 is 0 Å². The highest BCUT2D eigenvalue weighted by Crippen LogP contribution is 2.19. The van der Waals surface area contributed by atoms with Gasteiger partial charge >= 0.3 is 0 Å². The lowest BCUT2D eigenvalue weighted by atomic mass is 10.00. The summed E-state index contributed by atoms with van der Waals surface area (Å²) in [6.07, 6.45) is 0.0297. The first-order chi connectivity index (χ1) is 9.38. The van der Waals surface area contributed by atoms with E-state index in [1.807, 2.05) is 20.9 Å². The molecule has 0 aliphatic rings. The molecule has 1 aromatic carbocycles. The fourth-order valence-corrected chi connectivity index (χ4v) is 2.57. The average Bonchev–Trinajstić information content (AvgIpc) is 2.61. The Balaban J connectivity index is 2.13. The lowest BCUT2D eigenvalue weighted by molar-refractivity contribution is 0.173. The summed E-state index contributed by atoms with van der Waals surface area (Å²) in [6.45, 7) is 3.87. The highest BCUT2D eigenvalue weighted by atomic mass is 35.5. The normalized spacial score (nSPS) is 12.7. The van der Waals surface area contributed by atoms with Crippen LogP contribution in [0.1, 0.15) is 22.5 Å². The molecule has 5 heteroatoms. The van der Waals surface area contributed by atoms with Gasteiger partial charge in [0.2, 0.25) is 0 Å². The number of nitrogens with zero attached hydrogens (tertiary/aromatic N) is 2. The van der Waals surface area contributed by atoms with Crippen LogP contribution >= 0.6 is 11.6 Å². The Kier molecular flexibility index (Phi) is 4.45. The minimum absolute atomic E-state index is 0.236. The fraction of sp³-hybridized carbons (Fsp3) is 0.400. The van der Waals surface area contributed by atoms with Gasteiger partial charge in [0.05, 0.1) is 11.8 Å². The SMILES string of the molecule is Cc1nn(C)c(C)c1CC(O)Cc1cc(Cl)ccc1F. The predicted molar refractivity (Wildman–Crippen MR) is 77.5 cm³/mol. The van der Waals surface area contributed by atoms with Crippen LogP contribution in [0, 0.1) is 19.7 Å². The van der Waals surface area contributed by atoms with Crippen LogP contribution in [0.15, 0.2) is 18.2 Å². The second-order valence-corrected chi connectivity index (χ2v) is 5.51. The molecule has 3 nitrogen and oxygen atoms in total. The van der Waals surface area contributed by atoms with Gasteiger partial charge in [-0.15, -0.1) is 0 Å². The molecule has 0 fully saturated rings. The number of aryl methyl sites for hydroxylation is 2. The fourth-order valence-electron chi connectivity index (χ4n) is 2.37. The first-order valence-electron chi connectivity index (χ1n) is 6.49. The van der Waals surface area contributed by atoms with Crippen molar-refractivity contribution in [2.24, 2.45) is 7.05 Å². The summed E-state index contributed by atoms with van der Waals surface area (Å²) in [5.41, 5.74) is 3.37. The average molecular weight is 297 g/mol. The molecule has 1 unspecified atom stereocenters. The van der Waals surface area contributed by atoms with Gasteiger partial charge in [-0.25, -0.2) is 4.39 Å². The lowest BCUT2D eigenvalue weighted by Crippen LogP contribution is -2.16. The summed E-state index contributed by atoms with van der Waals surface area (Å²) in [7, 11) is 1.87. The van der Waals surface area contributed by atoms with Gasteiger partial charge in [0.25, 0.3) is 0 Å². The third-order valence-corrected chi connectivity index (χ3v) is 3.80. The van der Waals surface area contributed by atoms with E-state index in [4.69, 9.17) is 11.6 Å². The molecule has 0 saturated carbocycles. The van der Waals surface area contributed by atoms with Crippen molar-refractivity contribution in [1.29, 1.82) is 0 Å². The Morgan fingerprint density at radius 2 is 2.05 bits per heavy atom. The topological polar surface area (TPSA) is 38.0 Å². The summed E-state index contributed by atoms with van der Waals surface area (Å²) in [6, 6.07) is 4.39. The molecule has 108 valence electrons. The Hall–Kier alpha value is -1.39. The molecule has 0 bridgehead atoms. The smallest absolute Gasteiger partial charge is 0.126 e. The van der Waals surface area contributed by atoms with Gasteiger partial charge in [-0.3, -0.25) is 4.68 Å². The van der Waals surface area contributed by atoms with E-state index in [-0.39, 0.29) is 12.2 Å². The molecule has 1 aromatic heterocycles. The molecule has 20 heavy (non-hydrogen) atoms. The van der Waals surface area contributed by atoms with Crippen molar-refractivity contribution >= 4 is 11.6 Å². The van der Waals surface area contributed by atoms with Crippen molar-refractivity contribution in [2.75, 3.05) is 0 Å². The van der Waals surface area contributed by atoms with Gasteiger partial charge in [-0.1, -0.05) is 11.6 Å². The van der Waals surface area contributed by atoms with E-state index in [1.54, 1.807) is 10.7 Å². The molecule has 0 spiro atoms. The molecule has 2 aromatic rings. The van der Waals surface area contributed by atoms with E-state index < -0.39 is 6.10 Å². The molecule has 0 aliphatic carbocycles. The van der Waals surface area contributed by atoms with Crippen LogP contribution in [0.4, 0.5) is 4.39 Å². The van der Waals surface area contributed by atoms with Crippen molar-refractivity contribution in [3.8, 4) is 0 Å². The molecule has 0 saturated heterocycles. The van der Waals surface area contributed by atoms with Crippen LogP contribution < -0.4 is 0 Å². The summed E-state index contributed by atoms with van der Waals surface area (Å²) in [5, 5.41) is 15.0. The zero-order valence-corrected chi connectivity index (χ0v) is 12.6. The van der Waals surface area contributed by atoms with Gasteiger partial charge in [0, 0.05) is 30.6 Å². The first-order valence-corrected chi connectivity index (χ1v) is 6.87. The van der Waals surface area contributed by atoms with Crippen molar-refractivity contribution in [2.45, 2.75) is 32.8 Å². The monoisotopic (exact) mass is 296 g/mol. The highest BCUT2D eigenvalue weighted by Gasteiger charge is 2.16. The van der Waals surface area contributed by atoms with Crippen LogP contribution in [0.3, 0.4) is 0 Å². The van der Waals surface area contributed by atoms with E-state index in [1.165, 1.54) is 12.1 Å². The number of benzene rings is 1. The number of halogens is 2. The van der Waals surface area contributed by atoms with Gasteiger partial charge in [-0.2, -0.15) is 5.10 Å². The van der Waals surface area contributed by atoms with Crippen molar-refractivity contribution in [3.63, 3.8) is 0 Å². The number of aliphatic hydroxyl groups is 1. The molecule has 0 radical (unpaired) electrons. The summed E-state index contributed by atoms with van der Waals surface area (Å²) >= 11 is 5.85. The summed E-state index contributed by atoms with van der Waals surface area (Å²) in [4.78, 5) is 0. The minimum Gasteiger partial charge on any atom is -0.392 e. The standard InChI is InChI=1S/C15H18ClFN2O/c1-9-14(10(2)19(3)18-9)8-13(20)7-11-6-12(16)4-5-15(11)17/h4-6,13,20H,7-8H2,1-3H3. The Labute approximate surface area is 123 Å². The van der Waals surface area contributed by atoms with Crippen LogP contribution in [0.5, 0.6) is 0 Å². The minimum atomic E-state index is -0.662. The van der Waals surface area contributed by atoms with Crippen LogP contribution in [0.2, 0.25) is 5.02 Å². The van der Waals surface area contributed by atoms with Gasteiger partial charge in [0.15, 0.2) is 0 Å². The maximum atomic E-state index is 13.6. The third-order valence-electron chi connectivity index (χ3n) is 3.56. The zero-order chi connectivity index (χ0) is 14.9. The van der Waals surface area contributed by atoms with Crippen LogP contribution in [-0.4, -0.2) is 21.0 Å². The molecule has 0 amide bonds. The number of hydrogen-bond acceptors (Lipinski definition) is 2. The Morgan fingerprint density at radius 1 is 1.35 bits per heavy atom. The van der Waals surface area contributed by atoms with Crippen LogP contribution in [-0.2, 0) is 19.9 Å². The summed E-state index contributed by atoms with van der Waals surface area (Å²) < 4.78 is 15.4. The molecule has 0 aliphatic heterocycles. The van der Waals surface area contributed by atoms with Gasteiger partial charge in [-0.05, 0) is 43.2 Å². The molecule has 1 N–H and O–H groups in total. The highest BCUT2D eigenvalue weighted by molar-refractivity contribution is 6.30. The first kappa shape index (κ1) is 15.0.